The summed E-state index contributed by atoms with van der Waals surface area (Å²) in [6, 6.07) is 13.4. The number of halogens is 1. The van der Waals surface area contributed by atoms with Crippen LogP contribution in [-0.4, -0.2) is 53.1 Å². The summed E-state index contributed by atoms with van der Waals surface area (Å²) in [5.74, 6) is -1.19. The number of benzene rings is 2. The summed E-state index contributed by atoms with van der Waals surface area (Å²) in [6.07, 6.45) is 4.67. The monoisotopic (exact) mass is 457 g/mol. The number of likely N-dealkylation sites (tertiary alicyclic amines) is 1. The highest BCUT2D eigenvalue weighted by Crippen LogP contribution is 2.23. The Bertz CT molecular complexity index is 1150. The predicted octanol–water partition coefficient (Wildman–Crippen LogP) is 2.17. The summed E-state index contributed by atoms with van der Waals surface area (Å²) in [7, 11) is -4.24. The third-order valence-electron chi connectivity index (χ3n) is 5.59. The van der Waals surface area contributed by atoms with E-state index in [1.54, 1.807) is 15.9 Å². The van der Waals surface area contributed by atoms with Gasteiger partial charge in [0.1, 0.15) is 29.4 Å². The van der Waals surface area contributed by atoms with Crippen molar-refractivity contribution in [2.75, 3.05) is 13.1 Å². The standard InChI is InChI=1S/C22H24FN5O3S/c23-19-8-4-5-9-21(19)32(30,31)26-20(14-17-6-2-1-3-7-17)22(29)27-12-10-18(11-13-27)28-16-24-15-25-28/h1-9,15-16,18,20,26H,10-14H2. The highest BCUT2D eigenvalue weighted by Gasteiger charge is 2.33. The Balaban J connectivity index is 1.53. The molecular weight excluding hydrogens is 433 g/mol. The van der Waals surface area contributed by atoms with E-state index in [1.807, 2.05) is 30.3 Å². The zero-order valence-electron chi connectivity index (χ0n) is 17.3. The van der Waals surface area contributed by atoms with E-state index in [9.17, 15) is 17.6 Å². The lowest BCUT2D eigenvalue weighted by Gasteiger charge is -2.34. The first-order valence-corrected chi connectivity index (χ1v) is 11.9. The van der Waals surface area contributed by atoms with Crippen LogP contribution in [0.15, 0.2) is 72.1 Å². The van der Waals surface area contributed by atoms with Crippen molar-refractivity contribution in [1.82, 2.24) is 24.4 Å². The molecule has 4 rings (SSSR count). The van der Waals surface area contributed by atoms with E-state index in [2.05, 4.69) is 14.8 Å². The second-order valence-corrected chi connectivity index (χ2v) is 9.41. The molecular formula is C22H24FN5O3S. The van der Waals surface area contributed by atoms with E-state index in [1.165, 1.54) is 24.5 Å². The van der Waals surface area contributed by atoms with E-state index in [0.717, 1.165) is 11.6 Å². The van der Waals surface area contributed by atoms with Gasteiger partial charge in [-0.3, -0.25) is 4.79 Å². The van der Waals surface area contributed by atoms with Gasteiger partial charge in [0.2, 0.25) is 15.9 Å². The Morgan fingerprint density at radius 1 is 1.09 bits per heavy atom. The largest absolute Gasteiger partial charge is 0.341 e. The molecule has 0 bridgehead atoms. The Morgan fingerprint density at radius 2 is 1.78 bits per heavy atom. The van der Waals surface area contributed by atoms with Crippen molar-refractivity contribution in [3.05, 3.63) is 78.6 Å². The van der Waals surface area contributed by atoms with Gasteiger partial charge in [0.25, 0.3) is 0 Å². The van der Waals surface area contributed by atoms with Gasteiger partial charge in [-0.15, -0.1) is 0 Å². The highest BCUT2D eigenvalue weighted by atomic mass is 32.2. The fraction of sp³-hybridized carbons (Fsp3) is 0.318. The highest BCUT2D eigenvalue weighted by molar-refractivity contribution is 7.89. The summed E-state index contributed by atoms with van der Waals surface area (Å²) in [5, 5.41) is 4.17. The van der Waals surface area contributed by atoms with Gasteiger partial charge in [-0.2, -0.15) is 9.82 Å². The fourth-order valence-electron chi connectivity index (χ4n) is 3.92. The molecule has 2 aromatic carbocycles. The van der Waals surface area contributed by atoms with E-state index in [4.69, 9.17) is 0 Å². The average Bonchev–Trinajstić information content (AvgIpc) is 3.34. The van der Waals surface area contributed by atoms with E-state index < -0.39 is 26.8 Å². The van der Waals surface area contributed by atoms with Crippen molar-refractivity contribution in [3.8, 4) is 0 Å². The van der Waals surface area contributed by atoms with E-state index >= 15 is 0 Å². The average molecular weight is 458 g/mol. The van der Waals surface area contributed by atoms with Gasteiger partial charge in [0.15, 0.2) is 0 Å². The molecule has 1 saturated heterocycles. The van der Waals surface area contributed by atoms with Crippen LogP contribution in [0, 0.1) is 5.82 Å². The van der Waals surface area contributed by atoms with Crippen molar-refractivity contribution < 1.29 is 17.6 Å². The summed E-state index contributed by atoms with van der Waals surface area (Å²) in [4.78, 5) is 18.5. The number of hydrogen-bond donors (Lipinski definition) is 1. The molecule has 0 spiro atoms. The van der Waals surface area contributed by atoms with Crippen LogP contribution in [0.2, 0.25) is 0 Å². The number of nitrogens with one attached hydrogen (secondary N) is 1. The van der Waals surface area contributed by atoms with Crippen molar-refractivity contribution in [2.24, 2.45) is 0 Å². The van der Waals surface area contributed by atoms with Crippen LogP contribution in [0.1, 0.15) is 24.4 Å². The summed E-state index contributed by atoms with van der Waals surface area (Å²) in [6.45, 7) is 0.937. The molecule has 168 valence electrons. The molecule has 1 amide bonds. The number of aromatic nitrogens is 3. The van der Waals surface area contributed by atoms with Gasteiger partial charge in [-0.1, -0.05) is 42.5 Å². The molecule has 1 aliphatic rings. The maximum atomic E-state index is 14.2. The maximum Gasteiger partial charge on any atom is 0.244 e. The Kier molecular flexibility index (Phi) is 6.61. The molecule has 10 heteroatoms. The van der Waals surface area contributed by atoms with Gasteiger partial charge < -0.3 is 4.90 Å². The molecule has 0 aliphatic carbocycles. The second-order valence-electron chi connectivity index (χ2n) is 7.73. The first kappa shape index (κ1) is 22.1. The first-order chi connectivity index (χ1) is 15.4. The lowest BCUT2D eigenvalue weighted by molar-refractivity contribution is -0.134. The van der Waals surface area contributed by atoms with Gasteiger partial charge >= 0.3 is 0 Å². The van der Waals surface area contributed by atoms with Gasteiger partial charge in [-0.25, -0.2) is 22.5 Å². The minimum absolute atomic E-state index is 0.143. The molecule has 1 unspecified atom stereocenters. The lowest BCUT2D eigenvalue weighted by atomic mass is 10.0. The van der Waals surface area contributed by atoms with Gasteiger partial charge in [-0.05, 0) is 37.0 Å². The minimum atomic E-state index is -4.24. The normalized spacial score (nSPS) is 16.1. The number of piperidine rings is 1. The SMILES string of the molecule is O=C(C(Cc1ccccc1)NS(=O)(=O)c1ccccc1F)N1CCC(n2cncn2)CC1. The second kappa shape index (κ2) is 9.58. The Hall–Kier alpha value is -3.11. The third kappa shape index (κ3) is 5.03. The van der Waals surface area contributed by atoms with Crippen LogP contribution in [0.3, 0.4) is 0 Å². The van der Waals surface area contributed by atoms with E-state index in [0.29, 0.717) is 25.9 Å². The zero-order valence-corrected chi connectivity index (χ0v) is 18.2. The number of sulfonamides is 1. The first-order valence-electron chi connectivity index (χ1n) is 10.4. The molecule has 0 saturated carbocycles. The number of carbonyl (C=O) groups is 1. The minimum Gasteiger partial charge on any atom is -0.341 e. The van der Waals surface area contributed by atoms with Crippen LogP contribution in [0.25, 0.3) is 0 Å². The molecule has 3 aromatic rings. The molecule has 1 atom stereocenters. The van der Waals surface area contributed by atoms with Crippen LogP contribution in [0.4, 0.5) is 4.39 Å². The van der Waals surface area contributed by atoms with Crippen LogP contribution >= 0.6 is 0 Å². The number of hydrogen-bond acceptors (Lipinski definition) is 5. The maximum absolute atomic E-state index is 14.2. The molecule has 1 N–H and O–H groups in total. The molecule has 32 heavy (non-hydrogen) atoms. The van der Waals surface area contributed by atoms with Crippen LogP contribution in [-0.2, 0) is 21.2 Å². The van der Waals surface area contributed by atoms with Gasteiger partial charge in [0, 0.05) is 13.1 Å². The van der Waals surface area contributed by atoms with E-state index in [-0.39, 0.29) is 18.4 Å². The van der Waals surface area contributed by atoms with Crippen molar-refractivity contribution in [3.63, 3.8) is 0 Å². The smallest absolute Gasteiger partial charge is 0.244 e. The Labute approximate surface area is 186 Å². The molecule has 0 radical (unpaired) electrons. The summed E-state index contributed by atoms with van der Waals surface area (Å²) >= 11 is 0. The number of amides is 1. The third-order valence-corrected chi connectivity index (χ3v) is 7.10. The number of nitrogens with zero attached hydrogens (tertiary/aromatic N) is 4. The van der Waals surface area contributed by atoms with Crippen LogP contribution in [0.5, 0.6) is 0 Å². The van der Waals surface area contributed by atoms with Crippen LogP contribution < -0.4 is 4.72 Å². The molecule has 8 nitrogen and oxygen atoms in total. The predicted molar refractivity (Wildman–Crippen MR) is 116 cm³/mol. The van der Waals surface area contributed by atoms with Crippen molar-refractivity contribution >= 4 is 15.9 Å². The summed E-state index contributed by atoms with van der Waals surface area (Å²) in [5.41, 5.74) is 0.805. The van der Waals surface area contributed by atoms with Crippen molar-refractivity contribution in [1.29, 1.82) is 0 Å². The number of rotatable bonds is 7. The summed E-state index contributed by atoms with van der Waals surface area (Å²) < 4.78 is 44.2. The molecule has 1 aliphatic heterocycles. The van der Waals surface area contributed by atoms with Crippen molar-refractivity contribution in [2.45, 2.75) is 36.2 Å². The molecule has 1 fully saturated rings. The topological polar surface area (TPSA) is 97.2 Å². The lowest BCUT2D eigenvalue weighted by Crippen LogP contribution is -2.51. The Morgan fingerprint density at radius 3 is 2.44 bits per heavy atom. The number of carbonyl (C=O) groups excluding carboxylic acids is 1. The zero-order chi connectivity index (χ0) is 22.6. The molecule has 1 aromatic heterocycles. The fourth-order valence-corrected chi connectivity index (χ4v) is 5.19. The molecule has 2 heterocycles. The van der Waals surface area contributed by atoms with Gasteiger partial charge in [0.05, 0.1) is 6.04 Å². The quantitative estimate of drug-likeness (QED) is 0.587.